The van der Waals surface area contributed by atoms with Crippen molar-refractivity contribution < 1.29 is 4.74 Å². The molecule has 0 unspecified atom stereocenters. The molecule has 0 radical (unpaired) electrons. The SMILES string of the molecule is CCO/C=C/c1nc(C)cc(Cl)n1. The summed E-state index contributed by atoms with van der Waals surface area (Å²) in [4.78, 5) is 8.14. The number of aryl methyl sites for hydroxylation is 1. The summed E-state index contributed by atoms with van der Waals surface area (Å²) in [6, 6.07) is 1.71. The Kier molecular flexibility index (Phi) is 3.71. The number of nitrogens with zero attached hydrogens (tertiary/aromatic N) is 2. The van der Waals surface area contributed by atoms with E-state index in [-0.39, 0.29) is 0 Å². The monoisotopic (exact) mass is 198 g/mol. The van der Waals surface area contributed by atoms with Crippen LogP contribution in [0.3, 0.4) is 0 Å². The van der Waals surface area contributed by atoms with E-state index in [4.69, 9.17) is 16.3 Å². The van der Waals surface area contributed by atoms with E-state index >= 15 is 0 Å². The zero-order valence-electron chi connectivity index (χ0n) is 7.62. The van der Waals surface area contributed by atoms with Gasteiger partial charge in [-0.1, -0.05) is 11.6 Å². The average molecular weight is 199 g/mol. The summed E-state index contributed by atoms with van der Waals surface area (Å²) in [5.41, 5.74) is 0.844. The Hall–Kier alpha value is -1.09. The molecule has 0 atom stereocenters. The molecule has 0 aliphatic heterocycles. The smallest absolute Gasteiger partial charge is 0.156 e. The zero-order chi connectivity index (χ0) is 9.68. The molecule has 70 valence electrons. The Morgan fingerprint density at radius 1 is 1.54 bits per heavy atom. The minimum atomic E-state index is 0.448. The summed E-state index contributed by atoms with van der Waals surface area (Å²) in [6.45, 7) is 4.41. The molecule has 0 aliphatic carbocycles. The Morgan fingerprint density at radius 3 is 2.92 bits per heavy atom. The maximum Gasteiger partial charge on any atom is 0.156 e. The fourth-order valence-electron chi connectivity index (χ4n) is 0.832. The molecule has 13 heavy (non-hydrogen) atoms. The second kappa shape index (κ2) is 4.82. The van der Waals surface area contributed by atoms with Crippen LogP contribution in [0.2, 0.25) is 5.15 Å². The second-order valence-electron chi connectivity index (χ2n) is 2.45. The van der Waals surface area contributed by atoms with Gasteiger partial charge in [0.05, 0.1) is 12.9 Å². The van der Waals surface area contributed by atoms with Crippen LogP contribution >= 0.6 is 11.6 Å². The molecule has 0 saturated carbocycles. The van der Waals surface area contributed by atoms with Crippen molar-refractivity contribution in [1.82, 2.24) is 9.97 Å². The van der Waals surface area contributed by atoms with Crippen LogP contribution in [-0.2, 0) is 4.74 Å². The van der Waals surface area contributed by atoms with Crippen LogP contribution in [0.25, 0.3) is 6.08 Å². The van der Waals surface area contributed by atoms with Gasteiger partial charge in [0.25, 0.3) is 0 Å². The first-order chi connectivity index (χ1) is 6.22. The molecule has 0 aliphatic rings. The first-order valence-corrected chi connectivity index (χ1v) is 4.39. The summed E-state index contributed by atoms with van der Waals surface area (Å²) in [6.07, 6.45) is 3.24. The van der Waals surface area contributed by atoms with Crippen LogP contribution in [0.4, 0.5) is 0 Å². The van der Waals surface area contributed by atoms with Crippen molar-refractivity contribution in [3.63, 3.8) is 0 Å². The van der Waals surface area contributed by atoms with Gasteiger partial charge in [-0.15, -0.1) is 0 Å². The molecule has 0 fully saturated rings. The van der Waals surface area contributed by atoms with Crippen LogP contribution in [-0.4, -0.2) is 16.6 Å². The number of ether oxygens (including phenoxy) is 1. The third-order valence-corrected chi connectivity index (χ3v) is 1.51. The van der Waals surface area contributed by atoms with Crippen LogP contribution in [0.5, 0.6) is 0 Å². The average Bonchev–Trinajstić information content (AvgIpc) is 2.03. The van der Waals surface area contributed by atoms with Gasteiger partial charge >= 0.3 is 0 Å². The highest BCUT2D eigenvalue weighted by atomic mass is 35.5. The lowest BCUT2D eigenvalue weighted by Gasteiger charge is -1.96. The first-order valence-electron chi connectivity index (χ1n) is 4.01. The number of hydrogen-bond acceptors (Lipinski definition) is 3. The molecule has 4 heteroatoms. The first kappa shape index (κ1) is 9.99. The van der Waals surface area contributed by atoms with Crippen LogP contribution in [0.15, 0.2) is 12.3 Å². The van der Waals surface area contributed by atoms with Crippen LogP contribution < -0.4 is 0 Å². The van der Waals surface area contributed by atoms with Gasteiger partial charge in [-0.25, -0.2) is 9.97 Å². The van der Waals surface area contributed by atoms with E-state index in [0.717, 1.165) is 5.69 Å². The summed E-state index contributed by atoms with van der Waals surface area (Å²) in [7, 11) is 0. The molecule has 1 rings (SSSR count). The lowest BCUT2D eigenvalue weighted by Crippen LogP contribution is -1.91. The summed E-state index contributed by atoms with van der Waals surface area (Å²) < 4.78 is 5.01. The van der Waals surface area contributed by atoms with Crippen molar-refractivity contribution in [1.29, 1.82) is 0 Å². The van der Waals surface area contributed by atoms with E-state index in [1.807, 2.05) is 13.8 Å². The lowest BCUT2D eigenvalue weighted by atomic mass is 10.4. The molecule has 3 nitrogen and oxygen atoms in total. The van der Waals surface area contributed by atoms with Gasteiger partial charge in [0.1, 0.15) is 5.15 Å². The fourth-order valence-corrected chi connectivity index (χ4v) is 1.08. The standard InChI is InChI=1S/C9H11ClN2O/c1-3-13-5-4-9-11-7(2)6-8(10)12-9/h4-6H,3H2,1-2H3/b5-4+. The minimum Gasteiger partial charge on any atom is -0.501 e. The van der Waals surface area contributed by atoms with Crippen LogP contribution in [0, 0.1) is 6.92 Å². The minimum absolute atomic E-state index is 0.448. The van der Waals surface area contributed by atoms with E-state index in [1.165, 1.54) is 0 Å². The van der Waals surface area contributed by atoms with Crippen molar-refractivity contribution in [2.45, 2.75) is 13.8 Å². The Labute approximate surface area is 82.4 Å². The number of aromatic nitrogens is 2. The van der Waals surface area contributed by atoms with Gasteiger partial charge in [0.2, 0.25) is 0 Å². The molecule has 0 aromatic carbocycles. The zero-order valence-corrected chi connectivity index (χ0v) is 8.38. The maximum absolute atomic E-state index is 5.74. The van der Waals surface area contributed by atoms with E-state index < -0.39 is 0 Å². The van der Waals surface area contributed by atoms with Crippen molar-refractivity contribution in [3.05, 3.63) is 29.0 Å². The second-order valence-corrected chi connectivity index (χ2v) is 2.84. The molecule has 1 aromatic heterocycles. The topological polar surface area (TPSA) is 35.0 Å². The molecule has 0 amide bonds. The van der Waals surface area contributed by atoms with Crippen LogP contribution in [0.1, 0.15) is 18.4 Å². The number of halogens is 1. The highest BCUT2D eigenvalue weighted by molar-refractivity contribution is 6.29. The van der Waals surface area contributed by atoms with Gasteiger partial charge in [-0.2, -0.15) is 0 Å². The lowest BCUT2D eigenvalue weighted by molar-refractivity contribution is 0.272. The Bertz CT molecular complexity index is 292. The normalized spacial score (nSPS) is 10.7. The van der Waals surface area contributed by atoms with Crippen molar-refractivity contribution in [3.8, 4) is 0 Å². The quantitative estimate of drug-likeness (QED) is 0.553. The molecular weight excluding hydrogens is 188 g/mol. The van der Waals surface area contributed by atoms with Gasteiger partial charge in [0, 0.05) is 11.8 Å². The molecule has 0 bridgehead atoms. The summed E-state index contributed by atoms with van der Waals surface area (Å²) in [5.74, 6) is 0.568. The molecule has 1 heterocycles. The van der Waals surface area contributed by atoms with E-state index in [9.17, 15) is 0 Å². The van der Waals surface area contributed by atoms with E-state index in [0.29, 0.717) is 17.6 Å². The third kappa shape index (κ3) is 3.42. The van der Waals surface area contributed by atoms with Gasteiger partial charge < -0.3 is 4.74 Å². The predicted molar refractivity (Wildman–Crippen MR) is 52.4 cm³/mol. The van der Waals surface area contributed by atoms with Crippen molar-refractivity contribution in [2.75, 3.05) is 6.61 Å². The third-order valence-electron chi connectivity index (χ3n) is 1.32. The summed E-state index contributed by atoms with van der Waals surface area (Å²) in [5, 5.41) is 0.448. The largest absolute Gasteiger partial charge is 0.501 e. The molecule has 1 aromatic rings. The molecule has 0 spiro atoms. The maximum atomic E-state index is 5.74. The fraction of sp³-hybridized carbons (Fsp3) is 0.333. The van der Waals surface area contributed by atoms with Crippen molar-refractivity contribution in [2.24, 2.45) is 0 Å². The highest BCUT2D eigenvalue weighted by Gasteiger charge is 1.95. The molecule has 0 saturated heterocycles. The number of rotatable bonds is 3. The highest BCUT2D eigenvalue weighted by Crippen LogP contribution is 2.07. The predicted octanol–water partition coefficient (Wildman–Crippen LogP) is 2.45. The molecule has 0 N–H and O–H groups in total. The van der Waals surface area contributed by atoms with E-state index in [1.54, 1.807) is 18.4 Å². The summed E-state index contributed by atoms with van der Waals surface area (Å²) >= 11 is 5.74. The van der Waals surface area contributed by atoms with Crippen molar-refractivity contribution >= 4 is 17.7 Å². The van der Waals surface area contributed by atoms with Gasteiger partial charge in [-0.3, -0.25) is 0 Å². The Balaban J connectivity index is 2.77. The molecular formula is C9H11ClN2O. The Morgan fingerprint density at radius 2 is 2.31 bits per heavy atom. The van der Waals surface area contributed by atoms with Gasteiger partial charge in [-0.05, 0) is 19.9 Å². The number of hydrogen-bond donors (Lipinski definition) is 0. The van der Waals surface area contributed by atoms with Gasteiger partial charge in [0.15, 0.2) is 5.82 Å². The van der Waals surface area contributed by atoms with E-state index in [2.05, 4.69) is 9.97 Å².